The van der Waals surface area contributed by atoms with Crippen molar-refractivity contribution in [3.63, 3.8) is 0 Å². The van der Waals surface area contributed by atoms with E-state index in [-0.39, 0.29) is 11.4 Å². The quantitative estimate of drug-likeness (QED) is 0.847. The summed E-state index contributed by atoms with van der Waals surface area (Å²) in [6.45, 7) is 4.19. The number of hydrogen-bond acceptors (Lipinski definition) is 4. The Kier molecular flexibility index (Phi) is 4.09. The number of carbonyl (C=O) groups excluding carboxylic acids is 1. The van der Waals surface area contributed by atoms with Crippen LogP contribution >= 0.6 is 0 Å². The molecule has 6 nitrogen and oxygen atoms in total. The first kappa shape index (κ1) is 16.3. The molecule has 2 saturated heterocycles. The molecule has 1 spiro atoms. The van der Waals surface area contributed by atoms with Gasteiger partial charge in [-0.2, -0.15) is 5.10 Å². The van der Waals surface area contributed by atoms with E-state index in [1.165, 1.54) is 5.56 Å². The van der Waals surface area contributed by atoms with Crippen LogP contribution in [0.5, 0.6) is 0 Å². The number of likely N-dealkylation sites (tertiary alicyclic amines) is 1. The number of amides is 1. The van der Waals surface area contributed by atoms with Crippen LogP contribution in [0.3, 0.4) is 0 Å². The first-order chi connectivity index (χ1) is 12.1. The summed E-state index contributed by atoms with van der Waals surface area (Å²) in [5.74, 6) is 0.185. The van der Waals surface area contributed by atoms with Gasteiger partial charge < -0.3 is 4.90 Å². The van der Waals surface area contributed by atoms with Gasteiger partial charge in [0.25, 0.3) is 0 Å². The summed E-state index contributed by atoms with van der Waals surface area (Å²) in [4.78, 5) is 19.3. The predicted octanol–water partition coefficient (Wildman–Crippen LogP) is 1.34. The van der Waals surface area contributed by atoms with Crippen LogP contribution in [-0.4, -0.2) is 64.3 Å². The molecule has 0 radical (unpaired) electrons. The van der Waals surface area contributed by atoms with Crippen molar-refractivity contribution in [3.8, 4) is 0 Å². The van der Waals surface area contributed by atoms with E-state index < -0.39 is 0 Å². The molecule has 6 heteroatoms. The number of para-hydroxylation sites is 1. The highest BCUT2D eigenvalue weighted by Crippen LogP contribution is 2.33. The minimum absolute atomic E-state index is 0.0337. The minimum atomic E-state index is 0.0337. The standard InChI is InChI=1S/C19H25N5O/c1-21-13-18(25)24(17-6-4-3-5-7-17)15-19(21)8-9-23(14-19)12-16-10-20-22(2)11-16/h3-7,10-11H,8-9,12-15H2,1-2H3/t19-/m0/s1. The summed E-state index contributed by atoms with van der Waals surface area (Å²) in [7, 11) is 4.04. The Balaban J connectivity index is 1.51. The second-order valence-electron chi connectivity index (χ2n) is 7.38. The summed E-state index contributed by atoms with van der Waals surface area (Å²) >= 11 is 0. The van der Waals surface area contributed by atoms with E-state index in [9.17, 15) is 4.79 Å². The fraction of sp³-hybridized carbons (Fsp3) is 0.474. The lowest BCUT2D eigenvalue weighted by atomic mass is 9.92. The first-order valence-corrected chi connectivity index (χ1v) is 8.82. The molecule has 1 atom stereocenters. The van der Waals surface area contributed by atoms with Gasteiger partial charge >= 0.3 is 0 Å². The van der Waals surface area contributed by atoms with E-state index >= 15 is 0 Å². The van der Waals surface area contributed by atoms with Gasteiger partial charge in [-0.15, -0.1) is 0 Å². The number of benzene rings is 1. The summed E-state index contributed by atoms with van der Waals surface area (Å²) in [6.07, 6.45) is 5.10. The monoisotopic (exact) mass is 339 g/mol. The van der Waals surface area contributed by atoms with Crippen LogP contribution in [0.2, 0.25) is 0 Å². The van der Waals surface area contributed by atoms with Crippen molar-refractivity contribution in [2.45, 2.75) is 18.5 Å². The molecule has 0 unspecified atom stereocenters. The van der Waals surface area contributed by atoms with E-state index in [0.717, 1.165) is 38.3 Å². The average Bonchev–Trinajstić information content (AvgIpc) is 3.20. The highest BCUT2D eigenvalue weighted by atomic mass is 16.2. The molecule has 0 N–H and O–H groups in total. The van der Waals surface area contributed by atoms with Gasteiger partial charge in [-0.1, -0.05) is 18.2 Å². The molecule has 2 aliphatic rings. The number of piperazine rings is 1. The van der Waals surface area contributed by atoms with E-state index in [1.807, 2.05) is 53.2 Å². The first-order valence-electron chi connectivity index (χ1n) is 8.82. The van der Waals surface area contributed by atoms with Crippen LogP contribution in [0.15, 0.2) is 42.7 Å². The van der Waals surface area contributed by atoms with Crippen molar-refractivity contribution in [2.75, 3.05) is 38.1 Å². The van der Waals surface area contributed by atoms with Gasteiger partial charge in [-0.3, -0.25) is 19.3 Å². The summed E-state index contributed by atoms with van der Waals surface area (Å²) in [5, 5.41) is 4.27. The summed E-state index contributed by atoms with van der Waals surface area (Å²) < 4.78 is 1.85. The number of carbonyl (C=O) groups is 1. The highest BCUT2D eigenvalue weighted by Gasteiger charge is 2.47. The number of likely N-dealkylation sites (N-methyl/N-ethyl adjacent to an activating group) is 1. The van der Waals surface area contributed by atoms with Crippen LogP contribution in [0.4, 0.5) is 5.69 Å². The van der Waals surface area contributed by atoms with Gasteiger partial charge in [0.05, 0.1) is 18.3 Å². The van der Waals surface area contributed by atoms with Gasteiger partial charge in [0.1, 0.15) is 0 Å². The van der Waals surface area contributed by atoms with Crippen LogP contribution < -0.4 is 4.90 Å². The number of anilines is 1. The third-order valence-electron chi connectivity index (χ3n) is 5.58. The van der Waals surface area contributed by atoms with Gasteiger partial charge in [-0.25, -0.2) is 0 Å². The lowest BCUT2D eigenvalue weighted by molar-refractivity contribution is -0.123. The number of aryl methyl sites for hydroxylation is 1. The van der Waals surface area contributed by atoms with Crippen LogP contribution in [0.1, 0.15) is 12.0 Å². The Morgan fingerprint density at radius 3 is 2.68 bits per heavy atom. The van der Waals surface area contributed by atoms with Crippen molar-refractivity contribution in [3.05, 3.63) is 48.3 Å². The van der Waals surface area contributed by atoms with Crippen molar-refractivity contribution < 1.29 is 4.79 Å². The van der Waals surface area contributed by atoms with E-state index in [0.29, 0.717) is 6.54 Å². The second kappa shape index (κ2) is 6.28. The van der Waals surface area contributed by atoms with Crippen molar-refractivity contribution in [1.82, 2.24) is 19.6 Å². The van der Waals surface area contributed by atoms with E-state index in [1.54, 1.807) is 0 Å². The van der Waals surface area contributed by atoms with Crippen molar-refractivity contribution >= 4 is 11.6 Å². The SMILES string of the molecule is CN1CC(=O)N(c2ccccc2)C[C@@]12CCN(Cc1cnn(C)c1)C2. The molecular formula is C19H25N5O. The summed E-state index contributed by atoms with van der Waals surface area (Å²) in [5.41, 5.74) is 2.28. The molecule has 0 bridgehead atoms. The molecule has 3 heterocycles. The van der Waals surface area contributed by atoms with Crippen LogP contribution in [0, 0.1) is 0 Å². The van der Waals surface area contributed by atoms with Crippen molar-refractivity contribution in [1.29, 1.82) is 0 Å². The number of hydrogen-bond donors (Lipinski definition) is 0. The zero-order valence-corrected chi connectivity index (χ0v) is 14.9. The molecule has 132 valence electrons. The Hall–Kier alpha value is -2.18. The lowest BCUT2D eigenvalue weighted by Gasteiger charge is -2.47. The Labute approximate surface area is 148 Å². The zero-order valence-electron chi connectivity index (χ0n) is 14.9. The number of aromatic nitrogens is 2. The molecule has 1 aromatic heterocycles. The maximum absolute atomic E-state index is 12.6. The third kappa shape index (κ3) is 3.07. The zero-order chi connectivity index (χ0) is 17.4. The lowest BCUT2D eigenvalue weighted by Crippen LogP contribution is -2.64. The fourth-order valence-electron chi connectivity index (χ4n) is 4.13. The predicted molar refractivity (Wildman–Crippen MR) is 97.3 cm³/mol. The molecule has 1 aromatic carbocycles. The van der Waals surface area contributed by atoms with Gasteiger partial charge in [0, 0.05) is 50.7 Å². The fourth-order valence-corrected chi connectivity index (χ4v) is 4.13. The highest BCUT2D eigenvalue weighted by molar-refractivity contribution is 5.96. The maximum atomic E-state index is 12.6. The summed E-state index contributed by atoms with van der Waals surface area (Å²) in [6, 6.07) is 10.0. The van der Waals surface area contributed by atoms with E-state index in [4.69, 9.17) is 0 Å². The minimum Gasteiger partial charge on any atom is -0.309 e. The van der Waals surface area contributed by atoms with Crippen molar-refractivity contribution in [2.24, 2.45) is 7.05 Å². The second-order valence-corrected chi connectivity index (χ2v) is 7.38. The largest absolute Gasteiger partial charge is 0.309 e. The molecule has 2 fully saturated rings. The molecule has 0 saturated carbocycles. The molecule has 2 aliphatic heterocycles. The molecular weight excluding hydrogens is 314 g/mol. The number of rotatable bonds is 3. The van der Waals surface area contributed by atoms with Crippen LogP contribution in [-0.2, 0) is 18.4 Å². The Bertz CT molecular complexity index is 758. The smallest absolute Gasteiger partial charge is 0.241 e. The van der Waals surface area contributed by atoms with Gasteiger partial charge in [0.2, 0.25) is 5.91 Å². The van der Waals surface area contributed by atoms with E-state index in [2.05, 4.69) is 28.1 Å². The van der Waals surface area contributed by atoms with Crippen LogP contribution in [0.25, 0.3) is 0 Å². The number of nitrogens with zero attached hydrogens (tertiary/aromatic N) is 5. The molecule has 4 rings (SSSR count). The average molecular weight is 339 g/mol. The molecule has 0 aliphatic carbocycles. The van der Waals surface area contributed by atoms with Gasteiger partial charge in [0.15, 0.2) is 0 Å². The Morgan fingerprint density at radius 2 is 1.96 bits per heavy atom. The normalized spacial score (nSPS) is 25.2. The topological polar surface area (TPSA) is 44.6 Å². The molecule has 1 amide bonds. The Morgan fingerprint density at radius 1 is 1.16 bits per heavy atom. The third-order valence-corrected chi connectivity index (χ3v) is 5.58. The molecule has 25 heavy (non-hydrogen) atoms. The molecule has 2 aromatic rings. The maximum Gasteiger partial charge on any atom is 0.241 e. The van der Waals surface area contributed by atoms with Gasteiger partial charge in [-0.05, 0) is 25.6 Å².